The average molecular weight is 382 g/mol. The second kappa shape index (κ2) is 10.8. The number of ether oxygens (including phenoxy) is 1. The summed E-state index contributed by atoms with van der Waals surface area (Å²) >= 11 is 1.66. The zero-order chi connectivity index (χ0) is 19.6. The van der Waals surface area contributed by atoms with E-state index in [4.69, 9.17) is 4.74 Å². The SMILES string of the molecule is CC(=O)c1ccc(-c2ncc(-c3ccc(C)cc3)s2)cc1.CCCOCC. The van der Waals surface area contributed by atoms with Gasteiger partial charge in [-0.3, -0.25) is 4.79 Å². The van der Waals surface area contributed by atoms with E-state index in [1.165, 1.54) is 11.1 Å². The number of ketones is 1. The van der Waals surface area contributed by atoms with Crippen molar-refractivity contribution in [3.8, 4) is 21.0 Å². The molecule has 0 radical (unpaired) electrons. The van der Waals surface area contributed by atoms with Gasteiger partial charge in [-0.1, -0.05) is 61.0 Å². The highest BCUT2D eigenvalue weighted by Crippen LogP contribution is 2.32. The first kappa shape index (κ1) is 21.0. The second-order valence-electron chi connectivity index (χ2n) is 6.23. The predicted molar refractivity (Wildman–Crippen MR) is 115 cm³/mol. The number of benzene rings is 2. The van der Waals surface area contributed by atoms with Crippen molar-refractivity contribution in [2.45, 2.75) is 34.1 Å². The Bertz CT molecular complexity index is 832. The molecule has 1 aromatic heterocycles. The Morgan fingerprint density at radius 3 is 2.15 bits per heavy atom. The van der Waals surface area contributed by atoms with Crippen LogP contribution in [-0.4, -0.2) is 24.0 Å². The number of Topliss-reactive ketones (excluding diaryl/α,β-unsaturated/α-hetero) is 1. The van der Waals surface area contributed by atoms with Crippen molar-refractivity contribution in [3.05, 3.63) is 65.9 Å². The molecule has 3 rings (SSSR count). The van der Waals surface area contributed by atoms with Crippen LogP contribution in [0, 0.1) is 6.92 Å². The highest BCUT2D eigenvalue weighted by atomic mass is 32.1. The van der Waals surface area contributed by atoms with E-state index >= 15 is 0 Å². The van der Waals surface area contributed by atoms with Crippen LogP contribution in [0.5, 0.6) is 0 Å². The molecule has 0 atom stereocenters. The van der Waals surface area contributed by atoms with Gasteiger partial charge in [0.15, 0.2) is 5.78 Å². The number of aryl methyl sites for hydroxylation is 1. The fourth-order valence-electron chi connectivity index (χ4n) is 2.40. The molecular weight excluding hydrogens is 354 g/mol. The maximum atomic E-state index is 11.3. The molecule has 0 aliphatic heterocycles. The van der Waals surface area contributed by atoms with E-state index in [-0.39, 0.29) is 5.78 Å². The van der Waals surface area contributed by atoms with Crippen molar-refractivity contribution in [1.82, 2.24) is 4.98 Å². The minimum atomic E-state index is 0.0843. The first-order valence-electron chi connectivity index (χ1n) is 9.27. The van der Waals surface area contributed by atoms with E-state index in [1.807, 2.05) is 37.4 Å². The summed E-state index contributed by atoms with van der Waals surface area (Å²) in [5, 5.41) is 0.973. The summed E-state index contributed by atoms with van der Waals surface area (Å²) in [5.74, 6) is 0.0843. The summed E-state index contributed by atoms with van der Waals surface area (Å²) < 4.78 is 4.98. The number of hydrogen-bond acceptors (Lipinski definition) is 4. The van der Waals surface area contributed by atoms with Crippen LogP contribution in [0.4, 0.5) is 0 Å². The molecule has 1 heterocycles. The Balaban J connectivity index is 0.000000380. The standard InChI is InChI=1S/C18H15NOS.C5H12O/c1-12-3-5-15(6-4-12)17-11-19-18(21-17)16-9-7-14(8-10-16)13(2)20;1-3-5-6-4-2/h3-11H,1-2H3;3-5H2,1-2H3. The molecule has 0 N–H and O–H groups in total. The van der Waals surface area contributed by atoms with Crippen LogP contribution in [0.2, 0.25) is 0 Å². The molecule has 2 aromatic carbocycles. The summed E-state index contributed by atoms with van der Waals surface area (Å²) in [4.78, 5) is 16.9. The fourth-order valence-corrected chi connectivity index (χ4v) is 3.32. The Labute approximate surface area is 166 Å². The number of carbonyl (C=O) groups excluding carboxylic acids is 1. The maximum absolute atomic E-state index is 11.3. The van der Waals surface area contributed by atoms with Gasteiger partial charge in [-0.25, -0.2) is 4.98 Å². The maximum Gasteiger partial charge on any atom is 0.159 e. The van der Waals surface area contributed by atoms with E-state index < -0.39 is 0 Å². The number of hydrogen-bond donors (Lipinski definition) is 0. The van der Waals surface area contributed by atoms with Crippen molar-refractivity contribution in [3.63, 3.8) is 0 Å². The largest absolute Gasteiger partial charge is 0.382 e. The van der Waals surface area contributed by atoms with E-state index in [1.54, 1.807) is 18.3 Å². The van der Waals surface area contributed by atoms with Crippen LogP contribution in [0.25, 0.3) is 21.0 Å². The molecule has 0 unspecified atom stereocenters. The normalized spacial score (nSPS) is 10.2. The van der Waals surface area contributed by atoms with Gasteiger partial charge < -0.3 is 4.74 Å². The molecule has 0 spiro atoms. The van der Waals surface area contributed by atoms with Crippen LogP contribution in [0.15, 0.2) is 54.7 Å². The predicted octanol–water partition coefficient (Wildman–Crippen LogP) is 6.42. The number of carbonyl (C=O) groups is 1. The third-order valence-electron chi connectivity index (χ3n) is 3.93. The smallest absolute Gasteiger partial charge is 0.159 e. The van der Waals surface area contributed by atoms with Crippen molar-refractivity contribution >= 4 is 17.1 Å². The van der Waals surface area contributed by atoms with Crippen LogP contribution < -0.4 is 0 Å². The lowest BCUT2D eigenvalue weighted by atomic mass is 10.1. The Hall–Kier alpha value is -2.30. The monoisotopic (exact) mass is 381 g/mol. The van der Waals surface area contributed by atoms with E-state index in [9.17, 15) is 4.79 Å². The molecule has 0 saturated heterocycles. The molecule has 4 heteroatoms. The van der Waals surface area contributed by atoms with E-state index in [0.29, 0.717) is 0 Å². The lowest BCUT2D eigenvalue weighted by Gasteiger charge is -1.99. The topological polar surface area (TPSA) is 39.2 Å². The van der Waals surface area contributed by atoms with Gasteiger partial charge in [0.2, 0.25) is 0 Å². The van der Waals surface area contributed by atoms with Crippen molar-refractivity contribution in [2.24, 2.45) is 0 Å². The summed E-state index contributed by atoms with van der Waals surface area (Å²) in [6.07, 6.45) is 3.04. The number of nitrogens with zero attached hydrogens (tertiary/aromatic N) is 1. The molecule has 0 saturated carbocycles. The molecule has 0 aliphatic rings. The molecule has 0 bridgehead atoms. The van der Waals surface area contributed by atoms with Gasteiger partial charge in [0.1, 0.15) is 5.01 Å². The highest BCUT2D eigenvalue weighted by molar-refractivity contribution is 7.18. The molecular formula is C23H27NO2S. The van der Waals surface area contributed by atoms with E-state index in [0.717, 1.165) is 40.6 Å². The van der Waals surface area contributed by atoms with Gasteiger partial charge in [-0.15, -0.1) is 11.3 Å². The average Bonchev–Trinajstić information content (AvgIpc) is 3.17. The van der Waals surface area contributed by atoms with Crippen molar-refractivity contribution < 1.29 is 9.53 Å². The van der Waals surface area contributed by atoms with Crippen LogP contribution >= 0.6 is 11.3 Å². The van der Waals surface area contributed by atoms with E-state index in [2.05, 4.69) is 43.1 Å². The summed E-state index contributed by atoms with van der Waals surface area (Å²) in [6, 6.07) is 16.1. The second-order valence-corrected chi connectivity index (χ2v) is 7.26. The zero-order valence-electron chi connectivity index (χ0n) is 16.5. The fraction of sp³-hybridized carbons (Fsp3) is 0.304. The summed E-state index contributed by atoms with van der Waals surface area (Å²) in [6.45, 7) is 9.54. The van der Waals surface area contributed by atoms with Gasteiger partial charge in [0.25, 0.3) is 0 Å². The highest BCUT2D eigenvalue weighted by Gasteiger charge is 2.07. The summed E-state index contributed by atoms with van der Waals surface area (Å²) in [7, 11) is 0. The molecule has 3 nitrogen and oxygen atoms in total. The number of thiazole rings is 1. The number of rotatable bonds is 6. The molecule has 27 heavy (non-hydrogen) atoms. The van der Waals surface area contributed by atoms with Gasteiger partial charge in [-0.05, 0) is 32.8 Å². The minimum Gasteiger partial charge on any atom is -0.382 e. The lowest BCUT2D eigenvalue weighted by molar-refractivity contribution is 0.101. The molecule has 0 aliphatic carbocycles. The van der Waals surface area contributed by atoms with Crippen molar-refractivity contribution in [2.75, 3.05) is 13.2 Å². The minimum absolute atomic E-state index is 0.0843. The lowest BCUT2D eigenvalue weighted by Crippen LogP contribution is -1.90. The first-order valence-corrected chi connectivity index (χ1v) is 10.1. The Morgan fingerprint density at radius 1 is 1.00 bits per heavy atom. The van der Waals surface area contributed by atoms with Crippen molar-refractivity contribution in [1.29, 1.82) is 0 Å². The number of aromatic nitrogens is 1. The molecule has 0 fully saturated rings. The third-order valence-corrected chi connectivity index (χ3v) is 5.03. The van der Waals surface area contributed by atoms with Gasteiger partial charge in [0.05, 0.1) is 4.88 Å². The quantitative estimate of drug-likeness (QED) is 0.365. The van der Waals surface area contributed by atoms with Crippen LogP contribution in [0.1, 0.15) is 43.1 Å². The Morgan fingerprint density at radius 2 is 1.63 bits per heavy atom. The van der Waals surface area contributed by atoms with Gasteiger partial charge >= 0.3 is 0 Å². The third kappa shape index (κ3) is 6.42. The summed E-state index contributed by atoms with van der Waals surface area (Å²) in [5.41, 5.74) is 4.21. The van der Waals surface area contributed by atoms with Crippen LogP contribution in [-0.2, 0) is 4.74 Å². The molecule has 0 amide bonds. The molecule has 142 valence electrons. The van der Waals surface area contributed by atoms with Crippen LogP contribution in [0.3, 0.4) is 0 Å². The first-order chi connectivity index (χ1) is 13.0. The van der Waals surface area contributed by atoms with Gasteiger partial charge in [0, 0.05) is 30.5 Å². The van der Waals surface area contributed by atoms with Gasteiger partial charge in [-0.2, -0.15) is 0 Å². The molecule has 3 aromatic rings. The zero-order valence-corrected chi connectivity index (χ0v) is 17.3. The Kier molecular flexibility index (Phi) is 8.37.